The van der Waals surface area contributed by atoms with Crippen molar-refractivity contribution in [3.63, 3.8) is 0 Å². The molecule has 0 bridgehead atoms. The maximum atomic E-state index is 13.8. The van der Waals surface area contributed by atoms with E-state index in [1.165, 1.54) is 48.5 Å². The van der Waals surface area contributed by atoms with E-state index in [0.29, 0.717) is 12.1 Å². The first-order valence-corrected chi connectivity index (χ1v) is 11.9. The van der Waals surface area contributed by atoms with Gasteiger partial charge in [0.25, 0.3) is 15.9 Å². The molecular weight excluding hydrogens is 455 g/mol. The molecule has 0 unspecified atom stereocenters. The van der Waals surface area contributed by atoms with Crippen molar-refractivity contribution in [1.82, 2.24) is 4.90 Å². The van der Waals surface area contributed by atoms with Crippen LogP contribution in [0, 0.1) is 5.82 Å². The number of halogens is 1. The number of rotatable bonds is 7. The van der Waals surface area contributed by atoms with Crippen molar-refractivity contribution in [2.75, 3.05) is 18.9 Å². The van der Waals surface area contributed by atoms with Crippen LogP contribution in [0.5, 0.6) is 5.75 Å². The molecule has 1 N–H and O–H groups in total. The summed E-state index contributed by atoms with van der Waals surface area (Å²) in [6.45, 7) is 0.385. The van der Waals surface area contributed by atoms with Gasteiger partial charge in [-0.05, 0) is 70.9 Å². The van der Waals surface area contributed by atoms with Gasteiger partial charge in [-0.1, -0.05) is 30.3 Å². The number of hydrogen-bond acceptors (Lipinski definition) is 4. The first-order chi connectivity index (χ1) is 16.3. The molecule has 0 saturated heterocycles. The van der Waals surface area contributed by atoms with E-state index in [2.05, 4.69) is 4.72 Å². The number of carbonyl (C=O) groups is 1. The van der Waals surface area contributed by atoms with Gasteiger partial charge in [0.05, 0.1) is 17.7 Å². The molecule has 0 radical (unpaired) electrons. The minimum absolute atomic E-state index is 0.0695. The predicted molar refractivity (Wildman–Crippen MR) is 130 cm³/mol. The minimum atomic E-state index is -4.00. The van der Waals surface area contributed by atoms with Crippen molar-refractivity contribution in [2.45, 2.75) is 11.4 Å². The van der Waals surface area contributed by atoms with Gasteiger partial charge in [-0.3, -0.25) is 9.52 Å². The van der Waals surface area contributed by atoms with Gasteiger partial charge in [-0.25, -0.2) is 12.8 Å². The van der Waals surface area contributed by atoms with Crippen molar-refractivity contribution in [3.05, 3.63) is 102 Å². The standard InChI is InChI=1S/C26H23FN2O4S/c1-29(17-18-7-8-21-16-22(33-2)12-9-20(21)15-18)26(30)19-10-13-23(14-11-19)34(31,32)28-25-6-4-3-5-24(25)27/h3-16,28H,17H2,1-2H3. The van der Waals surface area contributed by atoms with Crippen LogP contribution in [-0.2, 0) is 16.6 Å². The third kappa shape index (κ3) is 5.02. The lowest BCUT2D eigenvalue weighted by Gasteiger charge is -2.18. The van der Waals surface area contributed by atoms with Gasteiger partial charge >= 0.3 is 0 Å². The van der Waals surface area contributed by atoms with Crippen molar-refractivity contribution in [2.24, 2.45) is 0 Å². The molecular formula is C26H23FN2O4S. The summed E-state index contributed by atoms with van der Waals surface area (Å²) in [6, 6.07) is 22.8. The summed E-state index contributed by atoms with van der Waals surface area (Å²) < 4.78 is 46.4. The summed E-state index contributed by atoms with van der Waals surface area (Å²) in [5.41, 5.74) is 1.16. The zero-order chi connectivity index (χ0) is 24.3. The van der Waals surface area contributed by atoms with Crippen LogP contribution in [0.3, 0.4) is 0 Å². The highest BCUT2D eigenvalue weighted by atomic mass is 32.2. The van der Waals surface area contributed by atoms with Gasteiger partial charge in [0.2, 0.25) is 0 Å². The molecule has 0 fully saturated rings. The third-order valence-electron chi connectivity index (χ3n) is 5.41. The normalized spacial score (nSPS) is 11.3. The molecule has 174 valence electrons. The van der Waals surface area contributed by atoms with E-state index in [0.717, 1.165) is 22.1 Å². The number of methoxy groups -OCH3 is 1. The van der Waals surface area contributed by atoms with Crippen LogP contribution < -0.4 is 9.46 Å². The Morgan fingerprint density at radius 3 is 2.32 bits per heavy atom. The molecule has 0 spiro atoms. The number of nitrogens with one attached hydrogen (secondary N) is 1. The summed E-state index contributed by atoms with van der Waals surface area (Å²) in [5, 5.41) is 2.08. The number of para-hydroxylation sites is 1. The van der Waals surface area contributed by atoms with Crippen LogP contribution in [0.2, 0.25) is 0 Å². The summed E-state index contributed by atoms with van der Waals surface area (Å²) in [4.78, 5) is 14.4. The molecule has 0 aliphatic rings. The highest BCUT2D eigenvalue weighted by Gasteiger charge is 2.18. The fraction of sp³-hybridized carbons (Fsp3) is 0.115. The Morgan fingerprint density at radius 2 is 1.62 bits per heavy atom. The summed E-state index contributed by atoms with van der Waals surface area (Å²) in [6.07, 6.45) is 0. The highest BCUT2D eigenvalue weighted by Crippen LogP contribution is 2.23. The predicted octanol–water partition coefficient (Wildman–Crippen LogP) is 5.06. The lowest BCUT2D eigenvalue weighted by molar-refractivity contribution is 0.0785. The zero-order valence-corrected chi connectivity index (χ0v) is 19.5. The summed E-state index contributed by atoms with van der Waals surface area (Å²) in [7, 11) is -0.689. The van der Waals surface area contributed by atoms with Gasteiger partial charge in [0, 0.05) is 19.2 Å². The molecule has 34 heavy (non-hydrogen) atoms. The number of fused-ring (bicyclic) bond motifs is 1. The number of hydrogen-bond donors (Lipinski definition) is 1. The number of sulfonamides is 1. The Morgan fingerprint density at radius 1 is 0.941 bits per heavy atom. The van der Waals surface area contributed by atoms with Crippen LogP contribution in [-0.4, -0.2) is 33.4 Å². The monoisotopic (exact) mass is 478 g/mol. The van der Waals surface area contributed by atoms with Gasteiger partial charge in [0.1, 0.15) is 11.6 Å². The van der Waals surface area contributed by atoms with E-state index < -0.39 is 15.8 Å². The highest BCUT2D eigenvalue weighted by molar-refractivity contribution is 7.92. The molecule has 4 rings (SSSR count). The second-order valence-corrected chi connectivity index (χ2v) is 9.50. The molecule has 6 nitrogen and oxygen atoms in total. The van der Waals surface area contributed by atoms with Crippen molar-refractivity contribution in [1.29, 1.82) is 0 Å². The van der Waals surface area contributed by atoms with E-state index in [1.54, 1.807) is 19.1 Å². The molecule has 0 aliphatic carbocycles. The zero-order valence-electron chi connectivity index (χ0n) is 18.7. The molecule has 0 saturated carbocycles. The van der Waals surface area contributed by atoms with Crippen molar-refractivity contribution in [3.8, 4) is 5.75 Å². The van der Waals surface area contributed by atoms with E-state index >= 15 is 0 Å². The Bertz CT molecular complexity index is 1450. The van der Waals surface area contributed by atoms with Crippen LogP contribution in [0.25, 0.3) is 10.8 Å². The third-order valence-corrected chi connectivity index (χ3v) is 6.79. The fourth-order valence-corrected chi connectivity index (χ4v) is 4.66. The van der Waals surface area contributed by atoms with Gasteiger partial charge in [0.15, 0.2) is 0 Å². The quantitative estimate of drug-likeness (QED) is 0.403. The molecule has 0 heterocycles. The molecule has 0 aliphatic heterocycles. The minimum Gasteiger partial charge on any atom is -0.497 e. The number of amides is 1. The van der Waals surface area contributed by atoms with Gasteiger partial charge in [-0.15, -0.1) is 0 Å². The maximum absolute atomic E-state index is 13.8. The second-order valence-electron chi connectivity index (χ2n) is 7.82. The van der Waals surface area contributed by atoms with Crippen LogP contribution >= 0.6 is 0 Å². The van der Waals surface area contributed by atoms with E-state index in [4.69, 9.17) is 4.74 Å². The first-order valence-electron chi connectivity index (χ1n) is 10.5. The largest absolute Gasteiger partial charge is 0.497 e. The lowest BCUT2D eigenvalue weighted by Crippen LogP contribution is -2.26. The molecule has 0 atom stereocenters. The van der Waals surface area contributed by atoms with E-state index in [-0.39, 0.29) is 16.5 Å². The smallest absolute Gasteiger partial charge is 0.261 e. The van der Waals surface area contributed by atoms with Crippen LogP contribution in [0.1, 0.15) is 15.9 Å². The SMILES string of the molecule is COc1ccc2cc(CN(C)C(=O)c3ccc(S(=O)(=O)Nc4ccccc4F)cc3)ccc2c1. The topological polar surface area (TPSA) is 75.7 Å². The Balaban J connectivity index is 1.46. The number of carbonyl (C=O) groups excluding carboxylic acids is 1. The molecule has 1 amide bonds. The number of ether oxygens (including phenoxy) is 1. The lowest BCUT2D eigenvalue weighted by atomic mass is 10.1. The van der Waals surface area contributed by atoms with Crippen molar-refractivity contribution >= 4 is 32.4 Å². The van der Waals surface area contributed by atoms with Gasteiger partial charge in [-0.2, -0.15) is 0 Å². The Labute approximate surface area is 197 Å². The average Bonchev–Trinajstić information content (AvgIpc) is 2.84. The van der Waals surface area contributed by atoms with Crippen molar-refractivity contribution < 1.29 is 22.3 Å². The van der Waals surface area contributed by atoms with Crippen LogP contribution in [0.4, 0.5) is 10.1 Å². The molecule has 8 heteroatoms. The Hall–Kier alpha value is -3.91. The Kier molecular flexibility index (Phi) is 6.51. The molecule has 4 aromatic carbocycles. The first kappa shape index (κ1) is 23.3. The van der Waals surface area contributed by atoms with Gasteiger partial charge < -0.3 is 9.64 Å². The van der Waals surface area contributed by atoms with Crippen LogP contribution in [0.15, 0.2) is 89.8 Å². The second kappa shape index (κ2) is 9.52. The van der Waals surface area contributed by atoms with E-state index in [9.17, 15) is 17.6 Å². The van der Waals surface area contributed by atoms with E-state index in [1.807, 2.05) is 36.4 Å². The number of nitrogens with zero attached hydrogens (tertiary/aromatic N) is 1. The molecule has 4 aromatic rings. The number of benzene rings is 4. The number of anilines is 1. The summed E-state index contributed by atoms with van der Waals surface area (Å²) >= 11 is 0. The molecule has 0 aromatic heterocycles. The average molecular weight is 479 g/mol. The summed E-state index contributed by atoms with van der Waals surface area (Å²) in [5.74, 6) is -0.143. The fourth-order valence-electron chi connectivity index (χ4n) is 3.59. The maximum Gasteiger partial charge on any atom is 0.261 e.